The average Bonchev–Trinajstić information content (AvgIpc) is 2.03. The number of carbonyl (C=O) groups is 1. The fraction of sp³-hybridized carbons (Fsp3) is 0.875. The van der Waals surface area contributed by atoms with Crippen molar-refractivity contribution < 1.29 is 9.53 Å². The van der Waals surface area contributed by atoms with Crippen molar-refractivity contribution in [2.75, 3.05) is 20.8 Å². The Labute approximate surface area is 73.7 Å². The predicted molar refractivity (Wildman–Crippen MR) is 48.1 cm³/mol. The van der Waals surface area contributed by atoms with Crippen molar-refractivity contribution in [1.29, 1.82) is 0 Å². The van der Waals surface area contributed by atoms with Gasteiger partial charge in [-0.3, -0.25) is 0 Å². The van der Waals surface area contributed by atoms with Crippen molar-refractivity contribution in [2.24, 2.45) is 5.92 Å². The lowest BCUT2D eigenvalue weighted by molar-refractivity contribution is 0.148. The summed E-state index contributed by atoms with van der Waals surface area (Å²) in [7, 11) is 3.22. The van der Waals surface area contributed by atoms with Crippen LogP contribution in [0.3, 0.4) is 0 Å². The number of rotatable bonds is 4. The molecule has 0 heterocycles. The second-order valence-electron chi connectivity index (χ2n) is 3.03. The maximum absolute atomic E-state index is 10.9. The SMILES string of the molecule is CNC(=O)NC(COC)C(C)C. The topological polar surface area (TPSA) is 50.4 Å². The Morgan fingerprint density at radius 3 is 2.42 bits per heavy atom. The van der Waals surface area contributed by atoms with Crippen molar-refractivity contribution in [3.8, 4) is 0 Å². The van der Waals surface area contributed by atoms with Crippen LogP contribution >= 0.6 is 0 Å². The van der Waals surface area contributed by atoms with Crippen LogP contribution in [0.1, 0.15) is 13.8 Å². The molecule has 2 N–H and O–H groups in total. The fourth-order valence-corrected chi connectivity index (χ4v) is 0.821. The molecule has 2 amide bonds. The minimum atomic E-state index is -0.161. The average molecular weight is 174 g/mol. The van der Waals surface area contributed by atoms with E-state index in [2.05, 4.69) is 10.6 Å². The summed E-state index contributed by atoms with van der Waals surface area (Å²) in [5, 5.41) is 5.30. The molecule has 4 heteroatoms. The van der Waals surface area contributed by atoms with Crippen LogP contribution in [0, 0.1) is 5.92 Å². The van der Waals surface area contributed by atoms with Crippen LogP contribution in [0.5, 0.6) is 0 Å². The van der Waals surface area contributed by atoms with Gasteiger partial charge in [-0.05, 0) is 5.92 Å². The van der Waals surface area contributed by atoms with E-state index in [1.165, 1.54) is 0 Å². The number of carbonyl (C=O) groups excluding carboxylic acids is 1. The molecule has 0 saturated heterocycles. The lowest BCUT2D eigenvalue weighted by Crippen LogP contribution is -2.45. The quantitative estimate of drug-likeness (QED) is 0.655. The zero-order valence-electron chi connectivity index (χ0n) is 8.18. The molecule has 12 heavy (non-hydrogen) atoms. The summed E-state index contributed by atoms with van der Waals surface area (Å²) in [6.45, 7) is 4.63. The van der Waals surface area contributed by atoms with Gasteiger partial charge in [0, 0.05) is 14.2 Å². The molecule has 0 saturated carbocycles. The maximum Gasteiger partial charge on any atom is 0.314 e. The summed E-state index contributed by atoms with van der Waals surface area (Å²) in [5.41, 5.74) is 0. The highest BCUT2D eigenvalue weighted by Crippen LogP contribution is 2.00. The van der Waals surface area contributed by atoms with E-state index in [4.69, 9.17) is 4.74 Å². The van der Waals surface area contributed by atoms with E-state index in [1.807, 2.05) is 13.8 Å². The van der Waals surface area contributed by atoms with Crippen molar-refractivity contribution >= 4 is 6.03 Å². The first-order valence-electron chi connectivity index (χ1n) is 4.09. The van der Waals surface area contributed by atoms with Gasteiger partial charge in [-0.25, -0.2) is 4.79 Å². The van der Waals surface area contributed by atoms with Crippen LogP contribution in [0.4, 0.5) is 4.79 Å². The summed E-state index contributed by atoms with van der Waals surface area (Å²) < 4.78 is 4.97. The number of methoxy groups -OCH3 is 1. The Morgan fingerprint density at radius 2 is 2.08 bits per heavy atom. The largest absolute Gasteiger partial charge is 0.383 e. The molecule has 0 aliphatic rings. The molecule has 0 rings (SSSR count). The minimum absolute atomic E-state index is 0.0787. The van der Waals surface area contributed by atoms with Crippen LogP contribution in [0.2, 0.25) is 0 Å². The zero-order valence-corrected chi connectivity index (χ0v) is 8.18. The van der Waals surface area contributed by atoms with Crippen molar-refractivity contribution in [1.82, 2.24) is 10.6 Å². The molecule has 1 unspecified atom stereocenters. The molecule has 0 aromatic rings. The van der Waals surface area contributed by atoms with Crippen LogP contribution in [-0.2, 0) is 4.74 Å². The molecule has 0 spiro atoms. The van der Waals surface area contributed by atoms with E-state index in [0.29, 0.717) is 12.5 Å². The normalized spacial score (nSPS) is 12.8. The molecule has 0 aliphatic heterocycles. The van der Waals surface area contributed by atoms with Gasteiger partial charge < -0.3 is 15.4 Å². The molecule has 1 atom stereocenters. The van der Waals surface area contributed by atoms with Gasteiger partial charge in [0.2, 0.25) is 0 Å². The third-order valence-corrected chi connectivity index (χ3v) is 1.69. The predicted octanol–water partition coefficient (Wildman–Crippen LogP) is 0.586. The molecule has 0 aromatic heterocycles. The lowest BCUT2D eigenvalue weighted by Gasteiger charge is -2.20. The van der Waals surface area contributed by atoms with E-state index < -0.39 is 0 Å². The van der Waals surface area contributed by atoms with Gasteiger partial charge >= 0.3 is 6.03 Å². The summed E-state index contributed by atoms with van der Waals surface area (Å²) in [6.07, 6.45) is 0. The second kappa shape index (κ2) is 5.83. The number of urea groups is 1. The third kappa shape index (κ3) is 4.18. The fourth-order valence-electron chi connectivity index (χ4n) is 0.821. The van der Waals surface area contributed by atoms with Crippen LogP contribution in [0.25, 0.3) is 0 Å². The van der Waals surface area contributed by atoms with Gasteiger partial charge in [0.05, 0.1) is 12.6 Å². The molecular formula is C8H18N2O2. The van der Waals surface area contributed by atoms with Gasteiger partial charge in [-0.15, -0.1) is 0 Å². The van der Waals surface area contributed by atoms with E-state index in [-0.39, 0.29) is 12.1 Å². The molecule has 0 radical (unpaired) electrons. The highest BCUT2D eigenvalue weighted by Gasteiger charge is 2.14. The third-order valence-electron chi connectivity index (χ3n) is 1.69. The summed E-state index contributed by atoms with van der Waals surface area (Å²) in [6, 6.07) is -0.0827. The molecule has 0 aliphatic carbocycles. The summed E-state index contributed by atoms with van der Waals surface area (Å²) in [5.74, 6) is 0.377. The number of hydrogen-bond donors (Lipinski definition) is 2. The van der Waals surface area contributed by atoms with Crippen LogP contribution in [0.15, 0.2) is 0 Å². The molecule has 72 valence electrons. The molecule has 0 bridgehead atoms. The van der Waals surface area contributed by atoms with Crippen LogP contribution in [-0.4, -0.2) is 32.8 Å². The van der Waals surface area contributed by atoms with Gasteiger partial charge in [-0.1, -0.05) is 13.8 Å². The first kappa shape index (κ1) is 11.2. The Hall–Kier alpha value is -0.770. The van der Waals surface area contributed by atoms with E-state index in [1.54, 1.807) is 14.2 Å². The van der Waals surface area contributed by atoms with Gasteiger partial charge in [0.15, 0.2) is 0 Å². The van der Waals surface area contributed by atoms with Crippen molar-refractivity contribution in [3.63, 3.8) is 0 Å². The minimum Gasteiger partial charge on any atom is -0.383 e. The Kier molecular flexibility index (Phi) is 5.45. The van der Waals surface area contributed by atoms with Gasteiger partial charge in [-0.2, -0.15) is 0 Å². The molecule has 0 fully saturated rings. The van der Waals surface area contributed by atoms with E-state index >= 15 is 0 Å². The van der Waals surface area contributed by atoms with Crippen molar-refractivity contribution in [2.45, 2.75) is 19.9 Å². The molecule has 4 nitrogen and oxygen atoms in total. The highest BCUT2D eigenvalue weighted by molar-refractivity contribution is 5.73. The summed E-state index contributed by atoms with van der Waals surface area (Å²) in [4.78, 5) is 10.9. The second-order valence-corrected chi connectivity index (χ2v) is 3.03. The molecular weight excluding hydrogens is 156 g/mol. The lowest BCUT2D eigenvalue weighted by atomic mass is 10.1. The maximum atomic E-state index is 10.9. The van der Waals surface area contributed by atoms with E-state index in [9.17, 15) is 4.79 Å². The Bertz CT molecular complexity index is 137. The molecule has 0 aromatic carbocycles. The van der Waals surface area contributed by atoms with Gasteiger partial charge in [0.25, 0.3) is 0 Å². The Balaban J connectivity index is 3.86. The summed E-state index contributed by atoms with van der Waals surface area (Å²) >= 11 is 0. The number of nitrogens with one attached hydrogen (secondary N) is 2. The number of hydrogen-bond acceptors (Lipinski definition) is 2. The zero-order chi connectivity index (χ0) is 9.56. The highest BCUT2D eigenvalue weighted by atomic mass is 16.5. The number of ether oxygens (including phenoxy) is 1. The Morgan fingerprint density at radius 1 is 1.50 bits per heavy atom. The van der Waals surface area contributed by atoms with Crippen LogP contribution < -0.4 is 10.6 Å². The number of amides is 2. The standard InChI is InChI=1S/C8H18N2O2/c1-6(2)7(5-12-4)10-8(11)9-3/h6-7H,5H2,1-4H3,(H2,9,10,11). The van der Waals surface area contributed by atoms with E-state index in [0.717, 1.165) is 0 Å². The van der Waals surface area contributed by atoms with Crippen molar-refractivity contribution in [3.05, 3.63) is 0 Å². The first-order valence-corrected chi connectivity index (χ1v) is 4.09. The monoisotopic (exact) mass is 174 g/mol. The first-order chi connectivity index (χ1) is 5.61. The van der Waals surface area contributed by atoms with Gasteiger partial charge in [0.1, 0.15) is 0 Å². The smallest absolute Gasteiger partial charge is 0.314 e.